The predicted molar refractivity (Wildman–Crippen MR) is 88.8 cm³/mol. The lowest BCUT2D eigenvalue weighted by molar-refractivity contribution is -0.145. The molecule has 1 atom stereocenters. The van der Waals surface area contributed by atoms with Gasteiger partial charge in [0, 0.05) is 6.54 Å². The fourth-order valence-electron chi connectivity index (χ4n) is 2.38. The summed E-state index contributed by atoms with van der Waals surface area (Å²) in [7, 11) is 1.37. The monoisotopic (exact) mass is 311 g/mol. The molecule has 4 nitrogen and oxygen atoms in total. The average Bonchev–Trinajstić information content (AvgIpc) is 2.59. The van der Waals surface area contributed by atoms with Crippen LogP contribution in [0.15, 0.2) is 60.7 Å². The van der Waals surface area contributed by atoms with Crippen LogP contribution in [0.25, 0.3) is 0 Å². The van der Waals surface area contributed by atoms with Crippen molar-refractivity contribution in [2.75, 3.05) is 13.7 Å². The van der Waals surface area contributed by atoms with Gasteiger partial charge in [-0.05, 0) is 17.5 Å². The highest BCUT2D eigenvalue weighted by Crippen LogP contribution is 2.10. The Morgan fingerprint density at radius 2 is 1.52 bits per heavy atom. The first-order chi connectivity index (χ1) is 11.2. The van der Waals surface area contributed by atoms with Crippen LogP contribution in [0.5, 0.6) is 0 Å². The highest BCUT2D eigenvalue weighted by atomic mass is 16.5. The number of hydrogen-bond acceptors (Lipinski definition) is 3. The van der Waals surface area contributed by atoms with Crippen molar-refractivity contribution in [3.63, 3.8) is 0 Å². The van der Waals surface area contributed by atoms with Gasteiger partial charge in [-0.15, -0.1) is 0 Å². The molecule has 2 rings (SSSR count). The maximum Gasteiger partial charge on any atom is 0.310 e. The fraction of sp³-hybridized carbons (Fsp3) is 0.263. The van der Waals surface area contributed by atoms with Crippen LogP contribution in [0.4, 0.5) is 0 Å². The standard InChI is InChI=1S/C19H21NO3/c1-23-19(22)17(12-15-8-4-2-5-9-15)14-20-18(21)13-16-10-6-3-7-11-16/h2-11,17H,12-14H2,1H3,(H,20,21). The summed E-state index contributed by atoms with van der Waals surface area (Å²) in [5.41, 5.74) is 1.99. The molecule has 0 aromatic heterocycles. The number of carbonyl (C=O) groups excluding carboxylic acids is 2. The summed E-state index contributed by atoms with van der Waals surface area (Å²) in [6.45, 7) is 0.271. The molecule has 1 unspecified atom stereocenters. The number of nitrogens with one attached hydrogen (secondary N) is 1. The van der Waals surface area contributed by atoms with E-state index in [1.807, 2.05) is 60.7 Å². The lowest BCUT2D eigenvalue weighted by atomic mass is 9.99. The third-order valence-corrected chi connectivity index (χ3v) is 3.61. The molecule has 0 radical (unpaired) electrons. The summed E-state index contributed by atoms with van der Waals surface area (Å²) in [5.74, 6) is -0.797. The molecular formula is C19H21NO3. The van der Waals surface area contributed by atoms with Gasteiger partial charge in [0.2, 0.25) is 5.91 Å². The molecule has 4 heteroatoms. The zero-order valence-electron chi connectivity index (χ0n) is 13.2. The number of methoxy groups -OCH3 is 1. The van der Waals surface area contributed by atoms with E-state index < -0.39 is 0 Å². The Labute approximate surface area is 136 Å². The van der Waals surface area contributed by atoms with Crippen LogP contribution in [-0.4, -0.2) is 25.5 Å². The fourth-order valence-corrected chi connectivity index (χ4v) is 2.38. The number of benzene rings is 2. The van der Waals surface area contributed by atoms with E-state index in [1.165, 1.54) is 7.11 Å². The molecule has 2 aromatic rings. The summed E-state index contributed by atoms with van der Waals surface area (Å²) in [6, 6.07) is 19.2. The minimum atomic E-state index is -0.387. The first kappa shape index (κ1) is 16.7. The first-order valence-electron chi connectivity index (χ1n) is 7.61. The number of amides is 1. The van der Waals surface area contributed by atoms with Crippen LogP contribution < -0.4 is 5.32 Å². The summed E-state index contributed by atoms with van der Waals surface area (Å²) in [5, 5.41) is 2.83. The van der Waals surface area contributed by atoms with Gasteiger partial charge >= 0.3 is 5.97 Å². The van der Waals surface area contributed by atoms with E-state index in [0.717, 1.165) is 11.1 Å². The van der Waals surface area contributed by atoms with Crippen molar-refractivity contribution in [3.8, 4) is 0 Å². The van der Waals surface area contributed by atoms with E-state index in [4.69, 9.17) is 4.74 Å². The topological polar surface area (TPSA) is 55.4 Å². The number of ether oxygens (including phenoxy) is 1. The quantitative estimate of drug-likeness (QED) is 0.799. The molecule has 0 bridgehead atoms. The van der Waals surface area contributed by atoms with E-state index in [0.29, 0.717) is 12.8 Å². The maximum absolute atomic E-state index is 12.0. The second kappa shape index (κ2) is 8.73. The van der Waals surface area contributed by atoms with Crippen molar-refractivity contribution < 1.29 is 14.3 Å². The normalized spacial score (nSPS) is 11.5. The molecule has 1 N–H and O–H groups in total. The van der Waals surface area contributed by atoms with Crippen molar-refractivity contribution in [1.29, 1.82) is 0 Å². The summed E-state index contributed by atoms with van der Waals surface area (Å²) in [6.07, 6.45) is 0.846. The Balaban J connectivity index is 1.90. The van der Waals surface area contributed by atoms with E-state index in [-0.39, 0.29) is 24.3 Å². The highest BCUT2D eigenvalue weighted by molar-refractivity contribution is 5.79. The van der Waals surface area contributed by atoms with Crippen LogP contribution in [-0.2, 0) is 27.2 Å². The van der Waals surface area contributed by atoms with Gasteiger partial charge in [0.05, 0.1) is 19.4 Å². The third kappa shape index (κ3) is 5.58. The van der Waals surface area contributed by atoms with Crippen LogP contribution in [0.1, 0.15) is 11.1 Å². The molecule has 0 heterocycles. The van der Waals surface area contributed by atoms with Crippen molar-refractivity contribution in [2.24, 2.45) is 5.92 Å². The van der Waals surface area contributed by atoms with Gasteiger partial charge in [-0.1, -0.05) is 60.7 Å². The molecule has 0 aliphatic carbocycles. The number of hydrogen-bond donors (Lipinski definition) is 1. The molecule has 23 heavy (non-hydrogen) atoms. The Hall–Kier alpha value is -2.62. The van der Waals surface area contributed by atoms with Crippen LogP contribution in [0.2, 0.25) is 0 Å². The van der Waals surface area contributed by atoms with E-state index in [2.05, 4.69) is 5.32 Å². The minimum Gasteiger partial charge on any atom is -0.469 e. The number of carbonyl (C=O) groups is 2. The smallest absolute Gasteiger partial charge is 0.310 e. The van der Waals surface area contributed by atoms with Crippen molar-refractivity contribution in [1.82, 2.24) is 5.32 Å². The molecule has 0 fully saturated rings. The van der Waals surface area contributed by atoms with E-state index in [9.17, 15) is 9.59 Å². The van der Waals surface area contributed by atoms with Crippen LogP contribution >= 0.6 is 0 Å². The largest absolute Gasteiger partial charge is 0.469 e. The van der Waals surface area contributed by atoms with Crippen molar-refractivity contribution in [2.45, 2.75) is 12.8 Å². The van der Waals surface area contributed by atoms with Crippen molar-refractivity contribution >= 4 is 11.9 Å². The molecule has 1 amide bonds. The molecule has 0 saturated carbocycles. The molecular weight excluding hydrogens is 290 g/mol. The zero-order valence-corrected chi connectivity index (χ0v) is 13.2. The predicted octanol–water partition coefficient (Wildman–Crippen LogP) is 2.38. The van der Waals surface area contributed by atoms with Gasteiger partial charge in [0.1, 0.15) is 0 Å². The summed E-state index contributed by atoms with van der Waals surface area (Å²) in [4.78, 5) is 23.9. The second-order valence-corrected chi connectivity index (χ2v) is 5.38. The minimum absolute atomic E-state index is 0.0989. The molecule has 2 aromatic carbocycles. The molecule has 0 aliphatic heterocycles. The molecule has 120 valence electrons. The maximum atomic E-state index is 12.0. The average molecular weight is 311 g/mol. The van der Waals surface area contributed by atoms with E-state index >= 15 is 0 Å². The van der Waals surface area contributed by atoms with E-state index in [1.54, 1.807) is 0 Å². The summed E-state index contributed by atoms with van der Waals surface area (Å²) < 4.78 is 4.84. The first-order valence-corrected chi connectivity index (χ1v) is 7.61. The van der Waals surface area contributed by atoms with Gasteiger partial charge in [-0.25, -0.2) is 0 Å². The molecule has 0 spiro atoms. The lowest BCUT2D eigenvalue weighted by Crippen LogP contribution is -2.35. The summed E-state index contributed by atoms with van der Waals surface area (Å²) >= 11 is 0. The van der Waals surface area contributed by atoms with Crippen molar-refractivity contribution in [3.05, 3.63) is 71.8 Å². The zero-order chi connectivity index (χ0) is 16.5. The number of rotatable bonds is 7. The van der Waals surface area contributed by atoms with Gasteiger partial charge in [-0.3, -0.25) is 9.59 Å². The second-order valence-electron chi connectivity index (χ2n) is 5.38. The van der Waals surface area contributed by atoms with Gasteiger partial charge < -0.3 is 10.1 Å². The van der Waals surface area contributed by atoms with Crippen LogP contribution in [0, 0.1) is 5.92 Å². The Morgan fingerprint density at radius 1 is 0.957 bits per heavy atom. The van der Waals surface area contributed by atoms with Gasteiger partial charge in [0.25, 0.3) is 0 Å². The molecule has 0 aliphatic rings. The highest BCUT2D eigenvalue weighted by Gasteiger charge is 2.20. The SMILES string of the molecule is COC(=O)C(CNC(=O)Cc1ccccc1)Cc1ccccc1. The van der Waals surface area contributed by atoms with Gasteiger partial charge in [-0.2, -0.15) is 0 Å². The Kier molecular flexibility index (Phi) is 6.36. The third-order valence-electron chi connectivity index (χ3n) is 3.61. The molecule has 0 saturated heterocycles. The Morgan fingerprint density at radius 3 is 2.09 bits per heavy atom. The Bertz CT molecular complexity index is 626. The van der Waals surface area contributed by atoms with Gasteiger partial charge in [0.15, 0.2) is 0 Å². The van der Waals surface area contributed by atoms with Crippen LogP contribution in [0.3, 0.4) is 0 Å². The lowest BCUT2D eigenvalue weighted by Gasteiger charge is -2.15. The number of esters is 1.